The molecule has 0 unspecified atom stereocenters. The van der Waals surface area contributed by atoms with Crippen LogP contribution in [0, 0.1) is 5.82 Å². The number of carbonyl (C=O) groups is 1. The van der Waals surface area contributed by atoms with Gasteiger partial charge < -0.3 is 10.1 Å². The normalized spacial score (nSPS) is 11.3. The van der Waals surface area contributed by atoms with E-state index in [-0.39, 0.29) is 10.8 Å². The fraction of sp³-hybridized carbons (Fsp3) is 0.0870. The predicted octanol–water partition coefficient (Wildman–Crippen LogP) is 5.13. The van der Waals surface area contributed by atoms with Gasteiger partial charge in [0.1, 0.15) is 11.6 Å². The highest BCUT2D eigenvalue weighted by atomic mass is 32.2. The Balaban J connectivity index is 1.59. The molecule has 6 nitrogen and oxygen atoms in total. The Kier molecular flexibility index (Phi) is 5.86. The number of benzene rings is 3. The minimum absolute atomic E-state index is 0.00910. The van der Waals surface area contributed by atoms with Gasteiger partial charge in [-0.25, -0.2) is 12.8 Å². The van der Waals surface area contributed by atoms with E-state index in [0.29, 0.717) is 22.0 Å². The van der Waals surface area contributed by atoms with Gasteiger partial charge in [0.2, 0.25) is 0 Å². The molecule has 0 saturated heterocycles. The molecule has 1 N–H and O–H groups in total. The molecular weight excluding hydrogens is 451 g/mol. The summed E-state index contributed by atoms with van der Waals surface area (Å²) < 4.78 is 46.1. The Bertz CT molecular complexity index is 1400. The van der Waals surface area contributed by atoms with Crippen LogP contribution in [-0.2, 0) is 10.0 Å². The van der Waals surface area contributed by atoms with Crippen molar-refractivity contribution in [3.05, 3.63) is 83.5 Å². The maximum absolute atomic E-state index is 13.2. The van der Waals surface area contributed by atoms with E-state index in [9.17, 15) is 17.6 Å². The van der Waals surface area contributed by atoms with Crippen molar-refractivity contribution in [2.24, 2.45) is 0 Å². The van der Waals surface area contributed by atoms with Gasteiger partial charge in [-0.05, 0) is 66.0 Å². The number of hydrogen-bond acceptors (Lipinski definition) is 5. The number of methoxy groups -OCH3 is 1. The first kappa shape index (κ1) is 21.8. The van der Waals surface area contributed by atoms with Crippen LogP contribution in [0.15, 0.2) is 77.7 Å². The maximum Gasteiger partial charge on any atom is 0.265 e. The Labute approximate surface area is 188 Å². The van der Waals surface area contributed by atoms with Crippen LogP contribution in [0.5, 0.6) is 5.75 Å². The van der Waals surface area contributed by atoms with Crippen LogP contribution in [-0.4, -0.2) is 28.5 Å². The van der Waals surface area contributed by atoms with Gasteiger partial charge in [-0.3, -0.25) is 9.10 Å². The highest BCUT2D eigenvalue weighted by Gasteiger charge is 2.22. The molecule has 0 aliphatic carbocycles. The van der Waals surface area contributed by atoms with E-state index in [4.69, 9.17) is 4.74 Å². The zero-order valence-corrected chi connectivity index (χ0v) is 18.8. The van der Waals surface area contributed by atoms with Crippen molar-refractivity contribution in [2.75, 3.05) is 23.8 Å². The van der Waals surface area contributed by atoms with E-state index >= 15 is 0 Å². The highest BCUT2D eigenvalue weighted by molar-refractivity contribution is 7.92. The average Bonchev–Trinajstić information content (AvgIpc) is 3.22. The molecule has 0 spiro atoms. The van der Waals surface area contributed by atoms with Crippen molar-refractivity contribution < 1.29 is 22.3 Å². The fourth-order valence-corrected chi connectivity index (χ4v) is 5.26. The maximum atomic E-state index is 13.2. The molecule has 9 heteroatoms. The number of nitrogens with one attached hydrogen (secondary N) is 1. The number of ether oxygens (including phenoxy) is 1. The monoisotopic (exact) mass is 470 g/mol. The summed E-state index contributed by atoms with van der Waals surface area (Å²) in [7, 11) is -0.869. The van der Waals surface area contributed by atoms with Crippen LogP contribution in [0.25, 0.3) is 10.1 Å². The summed E-state index contributed by atoms with van der Waals surface area (Å²) in [5.41, 5.74) is 1.04. The smallest absolute Gasteiger partial charge is 0.265 e. The van der Waals surface area contributed by atoms with Crippen molar-refractivity contribution in [2.45, 2.75) is 4.90 Å². The first-order valence-electron chi connectivity index (χ1n) is 9.51. The molecule has 4 aromatic rings. The lowest BCUT2D eigenvalue weighted by molar-refractivity contribution is 0.103. The van der Waals surface area contributed by atoms with Crippen molar-refractivity contribution in [3.63, 3.8) is 0 Å². The number of thiophene rings is 1. The molecular formula is C23H19FN2O4S2. The number of sulfonamides is 1. The standard InChI is InChI=1S/C23H19FN2O4S2/c1-26(32(28,29)20-9-6-16(24)7-10-20)18-8-11-21-15(12-18)13-22(31-21)23(27)25-17-4-3-5-19(14-17)30-2/h3-14H,1-2H3,(H,25,27). The lowest BCUT2D eigenvalue weighted by Crippen LogP contribution is -2.26. The van der Waals surface area contributed by atoms with E-state index in [2.05, 4.69) is 5.32 Å². The first-order valence-corrected chi connectivity index (χ1v) is 11.8. The van der Waals surface area contributed by atoms with Crippen molar-refractivity contribution >= 4 is 48.7 Å². The van der Waals surface area contributed by atoms with Gasteiger partial charge in [0.25, 0.3) is 15.9 Å². The second-order valence-corrected chi connectivity index (χ2v) is 10.00. The molecule has 4 rings (SSSR count). The summed E-state index contributed by atoms with van der Waals surface area (Å²) in [6.07, 6.45) is 0. The van der Waals surface area contributed by atoms with E-state index in [1.165, 1.54) is 30.5 Å². The molecule has 1 heterocycles. The Morgan fingerprint density at radius 3 is 2.50 bits per heavy atom. The van der Waals surface area contributed by atoms with Crippen LogP contribution in [0.1, 0.15) is 9.67 Å². The van der Waals surface area contributed by atoms with Crippen molar-refractivity contribution in [1.29, 1.82) is 0 Å². The zero-order valence-electron chi connectivity index (χ0n) is 17.2. The van der Waals surface area contributed by atoms with Gasteiger partial charge in [0, 0.05) is 23.5 Å². The minimum Gasteiger partial charge on any atom is -0.497 e. The number of carbonyl (C=O) groups excluding carboxylic acids is 1. The van der Waals surface area contributed by atoms with Crippen molar-refractivity contribution in [3.8, 4) is 5.75 Å². The Hall–Kier alpha value is -3.43. The molecule has 0 saturated carbocycles. The molecule has 32 heavy (non-hydrogen) atoms. The topological polar surface area (TPSA) is 75.7 Å². The third kappa shape index (κ3) is 4.30. The molecule has 0 aliphatic rings. The molecule has 1 aromatic heterocycles. The summed E-state index contributed by atoms with van der Waals surface area (Å²) in [6, 6.07) is 18.6. The quantitative estimate of drug-likeness (QED) is 0.424. The van der Waals surface area contributed by atoms with Crippen LogP contribution >= 0.6 is 11.3 Å². The Morgan fingerprint density at radius 2 is 1.78 bits per heavy atom. The van der Waals surface area contributed by atoms with E-state index in [1.54, 1.807) is 55.6 Å². The second kappa shape index (κ2) is 8.60. The summed E-state index contributed by atoms with van der Waals surface area (Å²) in [5.74, 6) is -0.145. The molecule has 0 radical (unpaired) electrons. The molecule has 1 amide bonds. The second-order valence-electron chi connectivity index (χ2n) is 6.95. The molecule has 0 fully saturated rings. The number of fused-ring (bicyclic) bond motifs is 1. The lowest BCUT2D eigenvalue weighted by atomic mass is 10.2. The summed E-state index contributed by atoms with van der Waals surface area (Å²) in [5, 5.41) is 3.58. The van der Waals surface area contributed by atoms with E-state index in [1.807, 2.05) is 0 Å². The van der Waals surface area contributed by atoms with Gasteiger partial charge in [0.15, 0.2) is 0 Å². The molecule has 164 valence electrons. The lowest BCUT2D eigenvalue weighted by Gasteiger charge is -2.19. The van der Waals surface area contributed by atoms with Crippen LogP contribution in [0.2, 0.25) is 0 Å². The van der Waals surface area contributed by atoms with E-state index in [0.717, 1.165) is 26.5 Å². The third-order valence-electron chi connectivity index (χ3n) is 4.89. The molecule has 3 aromatic carbocycles. The zero-order chi connectivity index (χ0) is 22.9. The average molecular weight is 471 g/mol. The first-order chi connectivity index (χ1) is 15.3. The van der Waals surface area contributed by atoms with Gasteiger partial charge >= 0.3 is 0 Å². The minimum atomic E-state index is -3.86. The van der Waals surface area contributed by atoms with E-state index < -0.39 is 15.8 Å². The van der Waals surface area contributed by atoms with Gasteiger partial charge in [0.05, 0.1) is 22.6 Å². The Morgan fingerprint density at radius 1 is 1.03 bits per heavy atom. The molecule has 0 bridgehead atoms. The molecule has 0 atom stereocenters. The van der Waals surface area contributed by atoms with Gasteiger partial charge in [-0.15, -0.1) is 11.3 Å². The summed E-state index contributed by atoms with van der Waals surface area (Å²) in [6.45, 7) is 0. The summed E-state index contributed by atoms with van der Waals surface area (Å²) in [4.78, 5) is 13.2. The highest BCUT2D eigenvalue weighted by Crippen LogP contribution is 2.31. The summed E-state index contributed by atoms with van der Waals surface area (Å²) >= 11 is 1.31. The number of nitrogens with zero attached hydrogens (tertiary/aromatic N) is 1. The van der Waals surface area contributed by atoms with Gasteiger partial charge in [-0.2, -0.15) is 0 Å². The van der Waals surface area contributed by atoms with Crippen molar-refractivity contribution in [1.82, 2.24) is 0 Å². The number of halogens is 1. The van der Waals surface area contributed by atoms with Crippen LogP contribution < -0.4 is 14.4 Å². The fourth-order valence-electron chi connectivity index (χ4n) is 3.14. The SMILES string of the molecule is COc1cccc(NC(=O)c2cc3cc(N(C)S(=O)(=O)c4ccc(F)cc4)ccc3s2)c1. The predicted molar refractivity (Wildman–Crippen MR) is 125 cm³/mol. The number of hydrogen-bond donors (Lipinski definition) is 1. The number of rotatable bonds is 6. The number of anilines is 2. The van der Waals surface area contributed by atoms with Gasteiger partial charge in [-0.1, -0.05) is 6.07 Å². The number of amides is 1. The van der Waals surface area contributed by atoms with Crippen LogP contribution in [0.4, 0.5) is 15.8 Å². The third-order valence-corrected chi connectivity index (χ3v) is 7.80. The largest absolute Gasteiger partial charge is 0.497 e. The van der Waals surface area contributed by atoms with Crippen LogP contribution in [0.3, 0.4) is 0 Å². The molecule has 0 aliphatic heterocycles.